The lowest BCUT2D eigenvalue weighted by molar-refractivity contribution is -0.148. The Morgan fingerprint density at radius 3 is 1.95 bits per heavy atom. The summed E-state index contributed by atoms with van der Waals surface area (Å²) < 4.78 is 102. The van der Waals surface area contributed by atoms with Gasteiger partial charge in [-0.05, 0) is 50.1 Å². The summed E-state index contributed by atoms with van der Waals surface area (Å²) in [5.41, 5.74) is -3.14. The molecule has 0 unspecified atom stereocenters. The Morgan fingerprint density at radius 2 is 1.47 bits per heavy atom. The number of amides is 2. The maximum absolute atomic E-state index is 13.6. The van der Waals surface area contributed by atoms with Gasteiger partial charge in [0.15, 0.2) is 11.5 Å². The fourth-order valence-electron chi connectivity index (χ4n) is 4.90. The van der Waals surface area contributed by atoms with E-state index in [1.165, 1.54) is 31.3 Å². The molecule has 2 aromatic carbocycles. The second-order valence-corrected chi connectivity index (χ2v) is 9.62. The van der Waals surface area contributed by atoms with Crippen molar-refractivity contribution in [1.29, 1.82) is 0 Å². The molecule has 9 nitrogen and oxygen atoms in total. The van der Waals surface area contributed by atoms with E-state index in [9.17, 15) is 40.7 Å². The summed E-state index contributed by atoms with van der Waals surface area (Å²) in [6.45, 7) is 2.52. The Bertz CT molecular complexity index is 1330. The van der Waals surface area contributed by atoms with Gasteiger partial charge in [-0.25, -0.2) is 4.79 Å². The predicted molar refractivity (Wildman–Crippen MR) is 139 cm³/mol. The van der Waals surface area contributed by atoms with E-state index in [1.807, 2.05) is 0 Å². The van der Waals surface area contributed by atoms with Crippen LogP contribution in [0.5, 0.6) is 11.5 Å². The molecule has 0 saturated heterocycles. The average molecular weight is 621 g/mol. The fourth-order valence-corrected chi connectivity index (χ4v) is 4.90. The van der Waals surface area contributed by atoms with Crippen LogP contribution in [0.15, 0.2) is 30.3 Å². The van der Waals surface area contributed by atoms with E-state index in [1.54, 1.807) is 13.8 Å². The van der Waals surface area contributed by atoms with Gasteiger partial charge in [0.05, 0.1) is 50.8 Å². The Hall–Kier alpha value is -4.17. The fraction of sp³-hybridized carbons (Fsp3) is 0.464. The Morgan fingerprint density at radius 1 is 0.907 bits per heavy atom. The molecule has 0 aromatic heterocycles. The number of rotatable bonds is 8. The second-order valence-electron chi connectivity index (χ2n) is 9.62. The van der Waals surface area contributed by atoms with Gasteiger partial charge in [-0.2, -0.15) is 26.3 Å². The normalized spacial score (nSPS) is 16.7. The van der Waals surface area contributed by atoms with Gasteiger partial charge in [0, 0.05) is 24.2 Å². The maximum Gasteiger partial charge on any atom is 0.416 e. The smallest absolute Gasteiger partial charge is 0.416 e. The third-order valence-electron chi connectivity index (χ3n) is 6.84. The second kappa shape index (κ2) is 13.0. The molecule has 0 spiro atoms. The highest BCUT2D eigenvalue weighted by Gasteiger charge is 2.41. The van der Waals surface area contributed by atoms with Crippen LogP contribution in [0.2, 0.25) is 0 Å². The van der Waals surface area contributed by atoms with Gasteiger partial charge in [-0.3, -0.25) is 14.5 Å². The Balaban J connectivity index is 2.25. The number of carbonyl (C=O) groups excluding carboxylic acids is 3. The molecule has 1 heterocycles. The number of methoxy groups -OCH3 is 3. The van der Waals surface area contributed by atoms with Gasteiger partial charge < -0.3 is 23.8 Å². The lowest BCUT2D eigenvalue weighted by Gasteiger charge is -2.43. The van der Waals surface area contributed by atoms with Gasteiger partial charge >= 0.3 is 24.4 Å². The number of halogens is 6. The quantitative estimate of drug-likeness (QED) is 0.199. The molecular weight excluding hydrogens is 590 g/mol. The van der Waals surface area contributed by atoms with Crippen LogP contribution < -0.4 is 14.4 Å². The summed E-state index contributed by atoms with van der Waals surface area (Å²) >= 11 is 0. The molecule has 0 bridgehead atoms. The van der Waals surface area contributed by atoms with Gasteiger partial charge in [-0.15, -0.1) is 0 Å². The molecule has 3 rings (SSSR count). The van der Waals surface area contributed by atoms with Crippen LogP contribution in [0.3, 0.4) is 0 Å². The zero-order valence-corrected chi connectivity index (χ0v) is 23.9. The standard InChI is InChI=1S/C28H30F6N2O7/c1-6-43-26(39)36-15(2)7-20(19-11-22(40-3)23(41-4)12-21(19)36)35(24(37)13-25(38)42-5)14-16-8-17(27(29,30)31)10-18(9-16)28(32,33)34/h8-12,15,20H,6-7,13-14H2,1-5H3/t15-,20+/m1/s1. The molecule has 0 saturated carbocycles. The van der Waals surface area contributed by atoms with Gasteiger partial charge in [0.1, 0.15) is 6.42 Å². The summed E-state index contributed by atoms with van der Waals surface area (Å²) in [5.74, 6) is -1.54. The number of nitrogens with zero attached hydrogens (tertiary/aromatic N) is 2. The number of fused-ring (bicyclic) bond motifs is 1. The summed E-state index contributed by atoms with van der Waals surface area (Å²) in [5, 5.41) is 0. The van der Waals surface area contributed by atoms with Crippen LogP contribution in [0, 0.1) is 0 Å². The van der Waals surface area contributed by atoms with Crippen LogP contribution in [0.1, 0.15) is 55.0 Å². The number of benzene rings is 2. The lowest BCUT2D eigenvalue weighted by atomic mass is 9.89. The highest BCUT2D eigenvalue weighted by Crippen LogP contribution is 2.47. The van der Waals surface area contributed by atoms with Gasteiger partial charge in [0.25, 0.3) is 0 Å². The molecule has 2 amide bonds. The number of anilines is 1. The van der Waals surface area contributed by atoms with E-state index in [2.05, 4.69) is 4.74 Å². The minimum Gasteiger partial charge on any atom is -0.493 e. The minimum atomic E-state index is -5.12. The van der Waals surface area contributed by atoms with Crippen molar-refractivity contribution < 1.29 is 59.7 Å². The number of carbonyl (C=O) groups is 3. The molecule has 236 valence electrons. The molecule has 0 aliphatic carbocycles. The molecule has 0 radical (unpaired) electrons. The van der Waals surface area contributed by atoms with E-state index in [4.69, 9.17) is 14.2 Å². The van der Waals surface area contributed by atoms with E-state index < -0.39 is 72.1 Å². The molecule has 15 heteroatoms. The molecular formula is C28H30F6N2O7. The number of hydrogen-bond acceptors (Lipinski definition) is 7. The first-order chi connectivity index (χ1) is 20.0. The average Bonchev–Trinajstić information content (AvgIpc) is 2.93. The van der Waals surface area contributed by atoms with Crippen LogP contribution in [0.4, 0.5) is 36.8 Å². The minimum absolute atomic E-state index is 0.0174. The topological polar surface area (TPSA) is 94.6 Å². The molecule has 43 heavy (non-hydrogen) atoms. The van der Waals surface area contributed by atoms with Crippen molar-refractivity contribution in [2.75, 3.05) is 32.8 Å². The molecule has 0 N–H and O–H groups in total. The first kappa shape index (κ1) is 33.3. The highest BCUT2D eigenvalue weighted by molar-refractivity contribution is 5.95. The SMILES string of the molecule is CCOC(=O)N1c2cc(OC)c(OC)cc2[C@@H](N(Cc2cc(C(F)(F)F)cc(C(F)(F)F)c2)C(=O)CC(=O)OC)C[C@H]1C. The van der Waals surface area contributed by atoms with E-state index in [-0.39, 0.29) is 41.8 Å². The number of alkyl halides is 6. The van der Waals surface area contributed by atoms with E-state index in [0.717, 1.165) is 12.0 Å². The van der Waals surface area contributed by atoms with Crippen molar-refractivity contribution in [2.45, 2.75) is 57.7 Å². The summed E-state index contributed by atoms with van der Waals surface area (Å²) in [6.07, 6.45) is -11.8. The number of ether oxygens (including phenoxy) is 4. The van der Waals surface area contributed by atoms with Crippen LogP contribution in [-0.4, -0.2) is 56.8 Å². The van der Waals surface area contributed by atoms with Crippen molar-refractivity contribution in [2.24, 2.45) is 0 Å². The van der Waals surface area contributed by atoms with Gasteiger partial charge in [-0.1, -0.05) is 0 Å². The molecule has 1 aliphatic rings. The van der Waals surface area contributed by atoms with Crippen LogP contribution >= 0.6 is 0 Å². The first-order valence-electron chi connectivity index (χ1n) is 12.9. The molecule has 1 aliphatic heterocycles. The zero-order chi connectivity index (χ0) is 32.3. The van der Waals surface area contributed by atoms with Crippen LogP contribution in [0.25, 0.3) is 0 Å². The third kappa shape index (κ3) is 7.43. The van der Waals surface area contributed by atoms with Crippen molar-refractivity contribution in [3.05, 3.63) is 52.6 Å². The molecule has 0 fully saturated rings. The third-order valence-corrected chi connectivity index (χ3v) is 6.84. The summed E-state index contributed by atoms with van der Waals surface area (Å²) in [4.78, 5) is 40.8. The Labute approximate surface area is 243 Å². The monoisotopic (exact) mass is 620 g/mol. The van der Waals surface area contributed by atoms with Gasteiger partial charge in [0.2, 0.25) is 5.91 Å². The van der Waals surface area contributed by atoms with Crippen molar-refractivity contribution in [1.82, 2.24) is 4.90 Å². The van der Waals surface area contributed by atoms with Crippen molar-refractivity contribution in [3.8, 4) is 11.5 Å². The Kier molecular flexibility index (Phi) is 10.1. The van der Waals surface area contributed by atoms with Crippen molar-refractivity contribution in [3.63, 3.8) is 0 Å². The summed E-state index contributed by atoms with van der Waals surface area (Å²) in [6, 6.07) is 2.18. The first-order valence-corrected chi connectivity index (χ1v) is 12.9. The maximum atomic E-state index is 13.6. The van der Waals surface area contributed by atoms with E-state index >= 15 is 0 Å². The van der Waals surface area contributed by atoms with Crippen molar-refractivity contribution >= 4 is 23.7 Å². The predicted octanol–water partition coefficient (Wildman–Crippen LogP) is 6.13. The molecule has 2 atom stereocenters. The lowest BCUT2D eigenvalue weighted by Crippen LogP contribution is -2.48. The van der Waals surface area contributed by atoms with Crippen LogP contribution in [-0.2, 0) is 38.0 Å². The number of esters is 1. The van der Waals surface area contributed by atoms with E-state index in [0.29, 0.717) is 12.1 Å². The number of hydrogen-bond donors (Lipinski definition) is 0. The largest absolute Gasteiger partial charge is 0.493 e. The zero-order valence-electron chi connectivity index (χ0n) is 23.9. The highest BCUT2D eigenvalue weighted by atomic mass is 19.4. The molecule has 2 aromatic rings. The summed E-state index contributed by atoms with van der Waals surface area (Å²) in [7, 11) is 3.70.